The van der Waals surface area contributed by atoms with Crippen LogP contribution in [0.1, 0.15) is 45.4 Å². The van der Waals surface area contributed by atoms with Crippen LogP contribution in [-0.2, 0) is 9.53 Å². The fraction of sp³-hybridized carbons (Fsp3) is 0.909. The smallest absolute Gasteiger partial charge is 0.303 e. The number of aliphatic carboxylic acids is 1. The average molecular weight is 200 g/mol. The van der Waals surface area contributed by atoms with Crippen molar-refractivity contribution in [3.8, 4) is 0 Å². The predicted molar refractivity (Wildman–Crippen MR) is 54.3 cm³/mol. The first-order valence-corrected chi connectivity index (χ1v) is 5.48. The molecule has 1 N–H and O–H groups in total. The zero-order chi connectivity index (χ0) is 10.4. The lowest BCUT2D eigenvalue weighted by molar-refractivity contribution is -0.139. The molecule has 0 unspecified atom stereocenters. The van der Waals surface area contributed by atoms with Crippen molar-refractivity contribution < 1.29 is 14.6 Å². The predicted octanol–water partition coefficient (Wildman–Crippen LogP) is 2.45. The fourth-order valence-electron chi connectivity index (χ4n) is 1.61. The molecule has 0 spiro atoms. The largest absolute Gasteiger partial charge is 0.481 e. The Morgan fingerprint density at radius 3 is 2.64 bits per heavy atom. The lowest BCUT2D eigenvalue weighted by atomic mass is 10.0. The maximum atomic E-state index is 10.5. The zero-order valence-electron chi connectivity index (χ0n) is 8.92. The molecule has 0 saturated heterocycles. The molecule has 3 heteroatoms. The highest BCUT2D eigenvalue weighted by Crippen LogP contribution is 2.48. The zero-order valence-corrected chi connectivity index (χ0v) is 8.92. The number of carboxylic acids is 1. The van der Waals surface area contributed by atoms with Crippen molar-refractivity contribution in [2.75, 3.05) is 13.2 Å². The summed E-state index contributed by atoms with van der Waals surface area (Å²) in [5, 5.41) is 8.67. The van der Waals surface area contributed by atoms with Crippen LogP contribution in [-0.4, -0.2) is 24.3 Å². The average Bonchev–Trinajstić information content (AvgIpc) is 2.84. The molecule has 0 amide bonds. The first kappa shape index (κ1) is 11.5. The maximum Gasteiger partial charge on any atom is 0.303 e. The molecule has 0 aromatic heterocycles. The summed E-state index contributed by atoms with van der Waals surface area (Å²) in [6.07, 6.45) is 5.82. The molecule has 3 nitrogen and oxygen atoms in total. The van der Waals surface area contributed by atoms with E-state index in [1.165, 1.54) is 12.8 Å². The fourth-order valence-corrected chi connectivity index (χ4v) is 1.61. The molecule has 1 saturated carbocycles. The van der Waals surface area contributed by atoms with Gasteiger partial charge in [-0.2, -0.15) is 0 Å². The molecule has 1 fully saturated rings. The van der Waals surface area contributed by atoms with Gasteiger partial charge in [0.15, 0.2) is 0 Å². The minimum atomic E-state index is -0.695. The van der Waals surface area contributed by atoms with Gasteiger partial charge in [0.05, 0.1) is 13.0 Å². The Bertz CT molecular complexity index is 185. The van der Waals surface area contributed by atoms with Gasteiger partial charge in [-0.3, -0.25) is 4.79 Å². The van der Waals surface area contributed by atoms with E-state index in [0.717, 1.165) is 25.9 Å². The summed E-state index contributed by atoms with van der Waals surface area (Å²) in [6, 6.07) is 0. The Kier molecular flexibility index (Phi) is 4.39. The summed E-state index contributed by atoms with van der Waals surface area (Å²) in [7, 11) is 0. The SMILES string of the molecule is CCCCCOCC1(CC(=O)O)CC1. The minimum Gasteiger partial charge on any atom is -0.481 e. The molecule has 0 atom stereocenters. The van der Waals surface area contributed by atoms with Gasteiger partial charge in [-0.25, -0.2) is 0 Å². The van der Waals surface area contributed by atoms with Crippen LogP contribution >= 0.6 is 0 Å². The van der Waals surface area contributed by atoms with E-state index in [-0.39, 0.29) is 11.8 Å². The van der Waals surface area contributed by atoms with E-state index in [1.54, 1.807) is 0 Å². The standard InChI is InChI=1S/C11H20O3/c1-2-3-4-7-14-9-11(5-6-11)8-10(12)13/h2-9H2,1H3,(H,12,13). The second kappa shape index (κ2) is 5.35. The maximum absolute atomic E-state index is 10.5. The number of ether oxygens (including phenoxy) is 1. The first-order chi connectivity index (χ1) is 6.68. The molecule has 0 aliphatic heterocycles. The summed E-state index contributed by atoms with van der Waals surface area (Å²) in [5.41, 5.74) is -0.00194. The number of unbranched alkanes of at least 4 members (excludes halogenated alkanes) is 2. The summed E-state index contributed by atoms with van der Waals surface area (Å²) < 4.78 is 5.50. The highest BCUT2D eigenvalue weighted by molar-refractivity contribution is 5.68. The molecule has 14 heavy (non-hydrogen) atoms. The Morgan fingerprint density at radius 2 is 2.14 bits per heavy atom. The molecule has 1 aliphatic carbocycles. The molecular formula is C11H20O3. The van der Waals surface area contributed by atoms with Crippen molar-refractivity contribution in [2.45, 2.75) is 45.4 Å². The molecular weight excluding hydrogens is 180 g/mol. The highest BCUT2D eigenvalue weighted by atomic mass is 16.5. The van der Waals surface area contributed by atoms with Gasteiger partial charge >= 0.3 is 5.97 Å². The number of hydrogen-bond donors (Lipinski definition) is 1. The third kappa shape index (κ3) is 4.09. The van der Waals surface area contributed by atoms with Crippen LogP contribution in [0.25, 0.3) is 0 Å². The van der Waals surface area contributed by atoms with Crippen LogP contribution < -0.4 is 0 Å². The van der Waals surface area contributed by atoms with E-state index in [2.05, 4.69) is 6.92 Å². The summed E-state index contributed by atoms with van der Waals surface area (Å²) >= 11 is 0. The number of carboxylic acid groups (broad SMARTS) is 1. The summed E-state index contributed by atoms with van der Waals surface area (Å²) in [6.45, 7) is 3.59. The molecule has 0 radical (unpaired) electrons. The third-order valence-electron chi connectivity index (χ3n) is 2.78. The lowest BCUT2D eigenvalue weighted by Crippen LogP contribution is -2.15. The molecule has 0 aromatic rings. The molecule has 1 aliphatic rings. The van der Waals surface area contributed by atoms with Gasteiger partial charge in [-0.15, -0.1) is 0 Å². The van der Waals surface area contributed by atoms with Gasteiger partial charge in [0.1, 0.15) is 0 Å². The Balaban J connectivity index is 2.03. The van der Waals surface area contributed by atoms with Gasteiger partial charge in [0.25, 0.3) is 0 Å². The van der Waals surface area contributed by atoms with E-state index in [1.807, 2.05) is 0 Å². The number of carbonyl (C=O) groups is 1. The monoisotopic (exact) mass is 200 g/mol. The molecule has 82 valence electrons. The Hall–Kier alpha value is -0.570. The van der Waals surface area contributed by atoms with Crippen LogP contribution in [0.4, 0.5) is 0 Å². The van der Waals surface area contributed by atoms with Crippen molar-refractivity contribution in [3.63, 3.8) is 0 Å². The van der Waals surface area contributed by atoms with E-state index >= 15 is 0 Å². The normalized spacial score (nSPS) is 18.1. The van der Waals surface area contributed by atoms with Gasteiger partial charge < -0.3 is 9.84 Å². The molecule has 0 aromatic carbocycles. The lowest BCUT2D eigenvalue weighted by Gasteiger charge is -2.12. The Morgan fingerprint density at radius 1 is 1.43 bits per heavy atom. The van der Waals surface area contributed by atoms with Gasteiger partial charge in [-0.1, -0.05) is 19.8 Å². The molecule has 1 rings (SSSR count). The molecule has 0 bridgehead atoms. The van der Waals surface area contributed by atoms with E-state index < -0.39 is 5.97 Å². The van der Waals surface area contributed by atoms with Crippen LogP contribution in [0.15, 0.2) is 0 Å². The third-order valence-corrected chi connectivity index (χ3v) is 2.78. The second-order valence-electron chi connectivity index (χ2n) is 4.33. The highest BCUT2D eigenvalue weighted by Gasteiger charge is 2.44. The van der Waals surface area contributed by atoms with Crippen molar-refractivity contribution in [1.29, 1.82) is 0 Å². The van der Waals surface area contributed by atoms with Crippen molar-refractivity contribution in [2.24, 2.45) is 5.41 Å². The van der Waals surface area contributed by atoms with Crippen molar-refractivity contribution in [3.05, 3.63) is 0 Å². The minimum absolute atomic E-state index is 0.00194. The van der Waals surface area contributed by atoms with Crippen LogP contribution in [0.3, 0.4) is 0 Å². The van der Waals surface area contributed by atoms with Crippen molar-refractivity contribution in [1.82, 2.24) is 0 Å². The van der Waals surface area contributed by atoms with E-state index in [0.29, 0.717) is 6.61 Å². The first-order valence-electron chi connectivity index (χ1n) is 5.48. The summed E-state index contributed by atoms with van der Waals surface area (Å²) in [5.74, 6) is -0.695. The second-order valence-corrected chi connectivity index (χ2v) is 4.33. The molecule has 0 heterocycles. The van der Waals surface area contributed by atoms with Crippen molar-refractivity contribution >= 4 is 5.97 Å². The number of rotatable bonds is 8. The van der Waals surface area contributed by atoms with Gasteiger partial charge in [-0.05, 0) is 19.3 Å². The van der Waals surface area contributed by atoms with E-state index in [4.69, 9.17) is 9.84 Å². The van der Waals surface area contributed by atoms with Crippen LogP contribution in [0.5, 0.6) is 0 Å². The topological polar surface area (TPSA) is 46.5 Å². The summed E-state index contributed by atoms with van der Waals surface area (Å²) in [4.78, 5) is 10.5. The van der Waals surface area contributed by atoms with Crippen LogP contribution in [0.2, 0.25) is 0 Å². The Labute approximate surface area is 85.5 Å². The van der Waals surface area contributed by atoms with Gasteiger partial charge in [0.2, 0.25) is 0 Å². The number of hydrogen-bond acceptors (Lipinski definition) is 2. The van der Waals surface area contributed by atoms with Crippen LogP contribution in [0, 0.1) is 5.41 Å². The van der Waals surface area contributed by atoms with Gasteiger partial charge in [0, 0.05) is 12.0 Å². The quantitative estimate of drug-likeness (QED) is 0.612. The van der Waals surface area contributed by atoms with E-state index in [9.17, 15) is 4.79 Å².